The first kappa shape index (κ1) is 19.7. The van der Waals surface area contributed by atoms with Gasteiger partial charge >= 0.3 is 0 Å². The first-order chi connectivity index (χ1) is 12.6. The summed E-state index contributed by atoms with van der Waals surface area (Å²) in [5, 5.41) is 2.66. The van der Waals surface area contributed by atoms with E-state index in [0.29, 0.717) is 12.2 Å². The molecule has 1 heterocycles. The molecule has 2 aromatic rings. The molecule has 0 saturated heterocycles. The third-order valence-corrected chi connectivity index (χ3v) is 4.07. The predicted molar refractivity (Wildman–Crippen MR) is 100 cm³/mol. The largest absolute Gasteiger partial charge is 0.491 e. The van der Waals surface area contributed by atoms with Gasteiger partial charge in [-0.25, -0.2) is 9.37 Å². The smallest absolute Gasteiger partial charge is 0.255 e. The molecule has 0 saturated carbocycles. The number of amides is 1. The van der Waals surface area contributed by atoms with Crippen LogP contribution in [0.3, 0.4) is 0 Å². The molecule has 0 atom stereocenters. The summed E-state index contributed by atoms with van der Waals surface area (Å²) < 4.78 is 20.1. The number of carbonyl (C=O) groups is 1. The van der Waals surface area contributed by atoms with Crippen molar-refractivity contribution in [2.45, 2.75) is 45.6 Å². The number of halogens is 1. The second-order valence-corrected chi connectivity index (χ2v) is 6.11. The van der Waals surface area contributed by atoms with E-state index in [1.807, 2.05) is 0 Å². The van der Waals surface area contributed by atoms with Gasteiger partial charge in [-0.05, 0) is 24.6 Å². The highest BCUT2D eigenvalue weighted by molar-refractivity contribution is 5.98. The summed E-state index contributed by atoms with van der Waals surface area (Å²) in [6.45, 7) is 2.70. The lowest BCUT2D eigenvalue weighted by molar-refractivity contribution is 0.0951. The molecule has 6 heteroatoms. The van der Waals surface area contributed by atoms with Crippen molar-refractivity contribution in [1.82, 2.24) is 10.3 Å². The molecule has 0 unspecified atom stereocenters. The predicted octanol–water partition coefficient (Wildman–Crippen LogP) is 4.08. The van der Waals surface area contributed by atoms with Gasteiger partial charge in [-0.1, -0.05) is 44.7 Å². The average molecular weight is 359 g/mol. The van der Waals surface area contributed by atoms with E-state index in [-0.39, 0.29) is 23.7 Å². The van der Waals surface area contributed by atoms with Crippen molar-refractivity contribution in [2.24, 2.45) is 0 Å². The molecule has 0 radical (unpaired) electrons. The van der Waals surface area contributed by atoms with Crippen LogP contribution in [-0.2, 0) is 6.54 Å². The molecule has 3 N–H and O–H groups in total. The van der Waals surface area contributed by atoms with Crippen molar-refractivity contribution in [3.8, 4) is 5.75 Å². The van der Waals surface area contributed by atoms with Crippen molar-refractivity contribution < 1.29 is 13.9 Å². The van der Waals surface area contributed by atoms with Gasteiger partial charge in [0.2, 0.25) is 0 Å². The summed E-state index contributed by atoms with van der Waals surface area (Å²) in [6.07, 6.45) is 7.07. The number of rotatable bonds is 10. The molecule has 1 amide bonds. The fraction of sp³-hybridized carbons (Fsp3) is 0.400. The molecule has 140 valence electrons. The summed E-state index contributed by atoms with van der Waals surface area (Å²) >= 11 is 0. The van der Waals surface area contributed by atoms with Gasteiger partial charge in [-0.2, -0.15) is 0 Å². The van der Waals surface area contributed by atoms with Gasteiger partial charge in [-0.3, -0.25) is 4.79 Å². The molecule has 0 spiro atoms. The van der Waals surface area contributed by atoms with Gasteiger partial charge < -0.3 is 15.8 Å². The second-order valence-electron chi connectivity index (χ2n) is 6.11. The third kappa shape index (κ3) is 5.72. The minimum Gasteiger partial charge on any atom is -0.491 e. The summed E-state index contributed by atoms with van der Waals surface area (Å²) in [4.78, 5) is 16.0. The van der Waals surface area contributed by atoms with Crippen molar-refractivity contribution in [1.29, 1.82) is 0 Å². The molecule has 0 aliphatic carbocycles. The topological polar surface area (TPSA) is 77.2 Å². The van der Waals surface area contributed by atoms with Gasteiger partial charge in [-0.15, -0.1) is 0 Å². The van der Waals surface area contributed by atoms with Gasteiger partial charge in [0.25, 0.3) is 5.91 Å². The Morgan fingerprint density at radius 2 is 2.00 bits per heavy atom. The van der Waals surface area contributed by atoms with Crippen LogP contribution in [0.15, 0.2) is 36.5 Å². The Labute approximate surface area is 153 Å². The van der Waals surface area contributed by atoms with Crippen LogP contribution < -0.4 is 15.8 Å². The number of aromatic nitrogens is 1. The molecule has 0 aliphatic heterocycles. The molecule has 1 aromatic carbocycles. The number of benzene rings is 1. The Morgan fingerprint density at radius 3 is 2.77 bits per heavy atom. The fourth-order valence-corrected chi connectivity index (χ4v) is 2.57. The molecule has 5 nitrogen and oxygen atoms in total. The highest BCUT2D eigenvalue weighted by atomic mass is 19.1. The number of anilines is 1. The van der Waals surface area contributed by atoms with Crippen molar-refractivity contribution in [3.05, 3.63) is 53.5 Å². The minimum atomic E-state index is -0.444. The lowest BCUT2D eigenvalue weighted by atomic mass is 10.1. The molecule has 26 heavy (non-hydrogen) atoms. The Bertz CT molecular complexity index is 722. The first-order valence-corrected chi connectivity index (χ1v) is 9.02. The number of pyridine rings is 1. The number of nitrogens with one attached hydrogen (secondary N) is 1. The van der Waals surface area contributed by atoms with Gasteiger partial charge in [0.15, 0.2) is 11.6 Å². The number of ether oxygens (including phenoxy) is 1. The van der Waals surface area contributed by atoms with Crippen LogP contribution in [0.2, 0.25) is 0 Å². The van der Waals surface area contributed by atoms with Gasteiger partial charge in [0.05, 0.1) is 12.2 Å². The molecule has 1 aromatic heterocycles. The SMILES string of the molecule is CCCCCCCOc1cccc(CNC(=O)c2cccnc2N)c1F. The number of unbranched alkanes of at least 4 members (excludes halogenated alkanes) is 4. The summed E-state index contributed by atoms with van der Waals surface area (Å²) in [7, 11) is 0. The van der Waals surface area contributed by atoms with Crippen LogP contribution in [-0.4, -0.2) is 17.5 Å². The van der Waals surface area contributed by atoms with Crippen LogP contribution in [0.25, 0.3) is 0 Å². The van der Waals surface area contributed by atoms with E-state index in [0.717, 1.165) is 12.8 Å². The van der Waals surface area contributed by atoms with E-state index in [1.165, 1.54) is 25.5 Å². The van der Waals surface area contributed by atoms with E-state index in [4.69, 9.17) is 10.5 Å². The quantitative estimate of drug-likeness (QED) is 0.627. The van der Waals surface area contributed by atoms with Crippen LogP contribution in [0.4, 0.5) is 10.2 Å². The number of hydrogen-bond donors (Lipinski definition) is 2. The van der Waals surface area contributed by atoms with Crippen LogP contribution in [0.1, 0.15) is 54.9 Å². The lowest BCUT2D eigenvalue weighted by Crippen LogP contribution is -2.24. The summed E-state index contributed by atoms with van der Waals surface area (Å²) in [6, 6.07) is 8.14. The maximum atomic E-state index is 14.5. The number of nitrogens with two attached hydrogens (primary N) is 1. The molecular weight excluding hydrogens is 333 g/mol. The second kappa shape index (κ2) is 10.4. The molecule has 2 rings (SSSR count). The fourth-order valence-electron chi connectivity index (χ4n) is 2.57. The van der Waals surface area contributed by atoms with Crippen LogP contribution >= 0.6 is 0 Å². The van der Waals surface area contributed by atoms with Gasteiger partial charge in [0.1, 0.15) is 5.82 Å². The maximum Gasteiger partial charge on any atom is 0.255 e. The van der Waals surface area contributed by atoms with E-state index < -0.39 is 11.7 Å². The average Bonchev–Trinajstić information content (AvgIpc) is 2.65. The van der Waals surface area contributed by atoms with Crippen molar-refractivity contribution in [3.63, 3.8) is 0 Å². The molecule has 0 fully saturated rings. The highest BCUT2D eigenvalue weighted by Gasteiger charge is 2.13. The zero-order valence-corrected chi connectivity index (χ0v) is 15.1. The van der Waals surface area contributed by atoms with E-state index >= 15 is 0 Å². The molecule has 0 aliphatic rings. The van der Waals surface area contributed by atoms with E-state index in [9.17, 15) is 9.18 Å². The maximum absolute atomic E-state index is 14.5. The monoisotopic (exact) mass is 359 g/mol. The summed E-state index contributed by atoms with van der Waals surface area (Å²) in [5.74, 6) is -0.475. The van der Waals surface area contributed by atoms with Gasteiger partial charge in [0, 0.05) is 18.3 Å². The zero-order valence-electron chi connectivity index (χ0n) is 15.1. The Balaban J connectivity index is 1.88. The third-order valence-electron chi connectivity index (χ3n) is 4.07. The number of hydrogen-bond acceptors (Lipinski definition) is 4. The van der Waals surface area contributed by atoms with E-state index in [1.54, 1.807) is 30.3 Å². The van der Waals surface area contributed by atoms with Crippen LogP contribution in [0.5, 0.6) is 5.75 Å². The summed E-state index contributed by atoms with van der Waals surface area (Å²) in [5.41, 5.74) is 6.31. The normalized spacial score (nSPS) is 10.5. The molecule has 0 bridgehead atoms. The van der Waals surface area contributed by atoms with Crippen molar-refractivity contribution in [2.75, 3.05) is 12.3 Å². The van der Waals surface area contributed by atoms with E-state index in [2.05, 4.69) is 17.2 Å². The zero-order chi connectivity index (χ0) is 18.8. The minimum absolute atomic E-state index is 0.0483. The van der Waals surface area contributed by atoms with Crippen molar-refractivity contribution >= 4 is 11.7 Å². The first-order valence-electron chi connectivity index (χ1n) is 9.02. The number of nitrogens with zero attached hydrogens (tertiary/aromatic N) is 1. The molecular formula is C20H26FN3O2. The van der Waals surface area contributed by atoms with Crippen LogP contribution in [0, 0.1) is 5.82 Å². The lowest BCUT2D eigenvalue weighted by Gasteiger charge is -2.11. The Hall–Kier alpha value is -2.63. The highest BCUT2D eigenvalue weighted by Crippen LogP contribution is 2.21. The number of carbonyl (C=O) groups excluding carboxylic acids is 1. The number of nitrogen functional groups attached to an aromatic ring is 1. The standard InChI is InChI=1S/C20H26FN3O2/c1-2-3-4-5-6-13-26-17-11-7-9-15(18(17)21)14-24-20(25)16-10-8-12-23-19(16)22/h7-12H,2-6,13-14H2,1H3,(H2,22,23)(H,24,25). The Morgan fingerprint density at radius 1 is 1.19 bits per heavy atom. The Kier molecular flexibility index (Phi) is 7.86.